The van der Waals surface area contributed by atoms with Crippen molar-refractivity contribution < 1.29 is 18.0 Å². The molecular formula is C24H28ClN3O4S. The van der Waals surface area contributed by atoms with E-state index < -0.39 is 15.9 Å². The van der Waals surface area contributed by atoms with E-state index in [-0.39, 0.29) is 23.3 Å². The Labute approximate surface area is 199 Å². The Balaban J connectivity index is 1.52. The number of rotatable bonds is 4. The molecule has 2 heterocycles. The van der Waals surface area contributed by atoms with Gasteiger partial charge < -0.3 is 10.2 Å². The standard InChI is InChI=1S/C24H28ClN3O4S/c1-16-21(25)8-3-9-22(16)26-24(30)19-7-4-12-27(15-19)33(31,32)20-10-11-23-18(14-20)6-5-13-28(23)17(2)29/h3,8-11,14,19H,4-7,12-13,15H2,1-2H3,(H,26,30)/t19-/m1/s1. The largest absolute Gasteiger partial charge is 0.326 e. The molecule has 0 spiro atoms. The quantitative estimate of drug-likeness (QED) is 0.703. The average Bonchev–Trinajstić information content (AvgIpc) is 2.81. The summed E-state index contributed by atoms with van der Waals surface area (Å²) < 4.78 is 28.2. The number of piperidine rings is 1. The molecule has 4 rings (SSSR count). The fourth-order valence-electron chi connectivity index (χ4n) is 4.56. The van der Waals surface area contributed by atoms with Crippen molar-refractivity contribution in [1.29, 1.82) is 0 Å². The number of nitrogens with zero attached hydrogens (tertiary/aromatic N) is 2. The van der Waals surface area contributed by atoms with E-state index in [1.165, 1.54) is 11.2 Å². The van der Waals surface area contributed by atoms with E-state index in [4.69, 9.17) is 11.6 Å². The minimum Gasteiger partial charge on any atom is -0.326 e. The maximum absolute atomic E-state index is 13.4. The molecule has 33 heavy (non-hydrogen) atoms. The number of sulfonamides is 1. The lowest BCUT2D eigenvalue weighted by Gasteiger charge is -2.32. The summed E-state index contributed by atoms with van der Waals surface area (Å²) >= 11 is 6.15. The van der Waals surface area contributed by atoms with Gasteiger partial charge in [-0.25, -0.2) is 8.42 Å². The lowest BCUT2D eigenvalue weighted by molar-refractivity contribution is -0.121. The lowest BCUT2D eigenvalue weighted by Crippen LogP contribution is -2.43. The first kappa shape index (κ1) is 23.7. The highest BCUT2D eigenvalue weighted by atomic mass is 35.5. The van der Waals surface area contributed by atoms with Crippen LogP contribution >= 0.6 is 11.6 Å². The minimum absolute atomic E-state index is 0.0496. The van der Waals surface area contributed by atoms with E-state index in [9.17, 15) is 18.0 Å². The number of aryl methyl sites for hydroxylation is 1. The van der Waals surface area contributed by atoms with E-state index in [2.05, 4.69) is 5.32 Å². The molecule has 0 aliphatic carbocycles. The zero-order valence-corrected chi connectivity index (χ0v) is 20.4. The van der Waals surface area contributed by atoms with Crippen molar-refractivity contribution >= 4 is 44.8 Å². The van der Waals surface area contributed by atoms with Crippen molar-refractivity contribution in [2.24, 2.45) is 5.92 Å². The van der Waals surface area contributed by atoms with E-state index >= 15 is 0 Å². The Kier molecular flexibility index (Phi) is 6.79. The summed E-state index contributed by atoms with van der Waals surface area (Å²) in [5.41, 5.74) is 3.06. The highest BCUT2D eigenvalue weighted by Gasteiger charge is 2.34. The molecule has 0 saturated carbocycles. The van der Waals surface area contributed by atoms with Crippen molar-refractivity contribution in [3.63, 3.8) is 0 Å². The van der Waals surface area contributed by atoms with Gasteiger partial charge in [-0.3, -0.25) is 9.59 Å². The summed E-state index contributed by atoms with van der Waals surface area (Å²) in [6.45, 7) is 4.50. The number of fused-ring (bicyclic) bond motifs is 1. The third-order valence-corrected chi connectivity index (χ3v) is 8.74. The Morgan fingerprint density at radius 2 is 1.91 bits per heavy atom. The van der Waals surface area contributed by atoms with E-state index in [1.807, 2.05) is 6.92 Å². The van der Waals surface area contributed by atoms with Crippen LogP contribution in [0, 0.1) is 12.8 Å². The predicted molar refractivity (Wildman–Crippen MR) is 129 cm³/mol. The van der Waals surface area contributed by atoms with E-state index in [0.29, 0.717) is 36.6 Å². The first-order valence-electron chi connectivity index (χ1n) is 11.2. The molecule has 0 bridgehead atoms. The molecular weight excluding hydrogens is 462 g/mol. The molecule has 9 heteroatoms. The van der Waals surface area contributed by atoms with Crippen molar-refractivity contribution in [1.82, 2.24) is 4.31 Å². The summed E-state index contributed by atoms with van der Waals surface area (Å²) in [5, 5.41) is 3.47. The molecule has 2 amide bonds. The van der Waals surface area contributed by atoms with Gasteiger partial charge in [0.1, 0.15) is 0 Å². The van der Waals surface area contributed by atoms with Crippen LogP contribution in [0.5, 0.6) is 0 Å². The molecule has 0 radical (unpaired) electrons. The molecule has 7 nitrogen and oxygen atoms in total. The van der Waals surface area contributed by atoms with Crippen LogP contribution in [-0.4, -0.2) is 44.2 Å². The number of hydrogen-bond acceptors (Lipinski definition) is 4. The zero-order chi connectivity index (χ0) is 23.8. The molecule has 0 aromatic heterocycles. The second kappa shape index (κ2) is 9.44. The molecule has 176 valence electrons. The van der Waals surface area contributed by atoms with Crippen LogP contribution in [0.1, 0.15) is 37.3 Å². The molecule has 2 aromatic carbocycles. The van der Waals surface area contributed by atoms with Gasteiger partial charge in [-0.15, -0.1) is 0 Å². The number of nitrogens with one attached hydrogen (secondary N) is 1. The maximum atomic E-state index is 13.4. The van der Waals surface area contributed by atoms with Crippen LogP contribution in [0.2, 0.25) is 5.02 Å². The van der Waals surface area contributed by atoms with Gasteiger partial charge in [-0.1, -0.05) is 17.7 Å². The van der Waals surface area contributed by atoms with Gasteiger partial charge in [-0.2, -0.15) is 4.31 Å². The summed E-state index contributed by atoms with van der Waals surface area (Å²) in [7, 11) is -3.76. The topological polar surface area (TPSA) is 86.8 Å². The van der Waals surface area contributed by atoms with Gasteiger partial charge in [0.15, 0.2) is 0 Å². The molecule has 1 atom stereocenters. The van der Waals surface area contributed by atoms with Gasteiger partial charge in [0.05, 0.1) is 10.8 Å². The second-order valence-electron chi connectivity index (χ2n) is 8.67. The summed E-state index contributed by atoms with van der Waals surface area (Å²) in [4.78, 5) is 26.7. The number of halogens is 1. The molecule has 2 aliphatic rings. The second-order valence-corrected chi connectivity index (χ2v) is 11.0. The van der Waals surface area contributed by atoms with Crippen LogP contribution in [0.4, 0.5) is 11.4 Å². The third kappa shape index (κ3) is 4.78. The molecule has 0 unspecified atom stereocenters. The number of amides is 2. The normalized spacial score (nSPS) is 19.1. The maximum Gasteiger partial charge on any atom is 0.243 e. The molecule has 1 N–H and O–H groups in total. The van der Waals surface area contributed by atoms with Crippen LogP contribution in [0.3, 0.4) is 0 Å². The molecule has 2 aromatic rings. The monoisotopic (exact) mass is 489 g/mol. The summed E-state index contributed by atoms with van der Waals surface area (Å²) in [5.74, 6) is -0.702. The summed E-state index contributed by atoms with van der Waals surface area (Å²) in [6, 6.07) is 10.3. The van der Waals surface area contributed by atoms with E-state index in [0.717, 1.165) is 29.7 Å². The fourth-order valence-corrected chi connectivity index (χ4v) is 6.31. The SMILES string of the molecule is CC(=O)N1CCCc2cc(S(=O)(=O)N3CCC[C@@H](C(=O)Nc4cccc(Cl)c4C)C3)ccc21. The van der Waals surface area contributed by atoms with Crippen LogP contribution in [0.15, 0.2) is 41.3 Å². The smallest absolute Gasteiger partial charge is 0.243 e. The third-order valence-electron chi connectivity index (χ3n) is 6.47. The van der Waals surface area contributed by atoms with E-state index in [1.54, 1.807) is 41.3 Å². The lowest BCUT2D eigenvalue weighted by atomic mass is 9.98. The Hall–Kier alpha value is -2.42. The van der Waals surface area contributed by atoms with Crippen LogP contribution in [0.25, 0.3) is 0 Å². The van der Waals surface area contributed by atoms with Crippen LogP contribution in [-0.2, 0) is 26.0 Å². The Bertz CT molecular complexity index is 1200. The first-order valence-corrected chi connectivity index (χ1v) is 13.0. The number of carbonyl (C=O) groups excluding carboxylic acids is 2. The zero-order valence-electron chi connectivity index (χ0n) is 18.8. The molecule has 1 saturated heterocycles. The van der Waals surface area contributed by atoms with Gasteiger partial charge in [0.2, 0.25) is 21.8 Å². The molecule has 1 fully saturated rings. The number of carbonyl (C=O) groups is 2. The van der Waals surface area contributed by atoms with Crippen molar-refractivity contribution in [3.8, 4) is 0 Å². The molecule has 2 aliphatic heterocycles. The summed E-state index contributed by atoms with van der Waals surface area (Å²) in [6.07, 6.45) is 2.75. The van der Waals surface area contributed by atoms with Gasteiger partial charge in [0, 0.05) is 43.0 Å². The van der Waals surface area contributed by atoms with Crippen molar-refractivity contribution in [3.05, 3.63) is 52.5 Å². The Morgan fingerprint density at radius 1 is 1.12 bits per heavy atom. The van der Waals surface area contributed by atoms with Gasteiger partial charge >= 0.3 is 0 Å². The van der Waals surface area contributed by atoms with Crippen molar-refractivity contribution in [2.75, 3.05) is 29.9 Å². The number of benzene rings is 2. The van der Waals surface area contributed by atoms with Gasteiger partial charge in [-0.05, 0) is 74.1 Å². The average molecular weight is 490 g/mol. The number of hydrogen-bond donors (Lipinski definition) is 1. The minimum atomic E-state index is -3.76. The highest BCUT2D eigenvalue weighted by molar-refractivity contribution is 7.89. The Morgan fingerprint density at radius 3 is 2.67 bits per heavy atom. The van der Waals surface area contributed by atoms with Crippen LogP contribution < -0.4 is 10.2 Å². The van der Waals surface area contributed by atoms with Crippen molar-refractivity contribution in [2.45, 2.75) is 44.4 Å². The first-order chi connectivity index (χ1) is 15.7. The van der Waals surface area contributed by atoms with Gasteiger partial charge in [0.25, 0.3) is 0 Å². The fraction of sp³-hybridized carbons (Fsp3) is 0.417. The predicted octanol–water partition coefficient (Wildman–Crippen LogP) is 3.99. The highest BCUT2D eigenvalue weighted by Crippen LogP contribution is 2.32. The number of anilines is 2.